The number of fused-ring (bicyclic) bond motifs is 1. The van der Waals surface area contributed by atoms with E-state index in [1.165, 1.54) is 47.7 Å². The molecule has 37 heteroatoms. The summed E-state index contributed by atoms with van der Waals surface area (Å²) in [5, 5.41) is 81.0. The zero-order chi connectivity index (χ0) is 76.9. The molecule has 0 aliphatic rings. The Labute approximate surface area is 591 Å². The number of aliphatic carboxylic acids is 2. The third-order valence-corrected chi connectivity index (χ3v) is 16.4. The minimum atomic E-state index is -1.86. The summed E-state index contributed by atoms with van der Waals surface area (Å²) in [5.41, 5.74) is 18.5. The molecule has 102 heavy (non-hydrogen) atoms. The highest BCUT2D eigenvalue weighted by Crippen LogP contribution is 2.20. The molecule has 1 aromatic heterocycles. The van der Waals surface area contributed by atoms with Gasteiger partial charge in [0.1, 0.15) is 66.5 Å². The number of H-pyrrole nitrogens is 1. The Hall–Kier alpha value is -9.43. The lowest BCUT2D eigenvalue weighted by atomic mass is 9.98. The van der Waals surface area contributed by atoms with Crippen molar-refractivity contribution in [3.63, 3.8) is 0 Å². The molecular weight excluding hydrogens is 1340 g/mol. The number of amides is 13. The van der Waals surface area contributed by atoms with Crippen LogP contribution in [0.1, 0.15) is 125 Å². The molecule has 12 unspecified atom stereocenters. The zero-order valence-electron chi connectivity index (χ0n) is 59.1. The number of carboxylic acid groups (broad SMARTS) is 2. The SMILES string of the molecule is CCC(C)CCCCC(=O)NCC(=O)NC(CCN)C(=O)NCC(=O)NC(CO)C(=O)NC(Cc1c[nH]c2ccccc12)C(=O)NC(CO)C(=O)NC(CCN)C(=O)NC(CCN)C(=O)NC(C(=O)NC(CCC(=O)O)C(=O)NC(C(=O)NC(C(=O)NC(CO)C(=O)O)C(C)C)C(C)C)C(C)C. The third kappa shape index (κ3) is 30.8. The molecule has 0 aliphatic heterocycles. The van der Waals surface area contributed by atoms with Crippen molar-refractivity contribution in [2.24, 2.45) is 40.9 Å². The normalized spacial score (nSPS) is 14.8. The first-order valence-electron chi connectivity index (χ1n) is 34.0. The maximum absolute atomic E-state index is 14.3. The number of unbranched alkanes of at least 4 members (excludes halogenated alkanes) is 1. The van der Waals surface area contributed by atoms with Crippen molar-refractivity contribution in [2.75, 3.05) is 52.5 Å². The molecule has 2 aromatic rings. The van der Waals surface area contributed by atoms with Crippen LogP contribution >= 0.6 is 0 Å². The summed E-state index contributed by atoms with van der Waals surface area (Å²) in [6.07, 6.45) is 3.01. The van der Waals surface area contributed by atoms with Crippen molar-refractivity contribution >= 4 is 99.6 Å². The summed E-state index contributed by atoms with van der Waals surface area (Å²) >= 11 is 0. The molecule has 0 bridgehead atoms. The average Bonchev–Trinajstić information content (AvgIpc) is 1.58. The van der Waals surface area contributed by atoms with Gasteiger partial charge < -0.3 is 117 Å². The first-order chi connectivity index (χ1) is 48.2. The van der Waals surface area contributed by atoms with Crippen molar-refractivity contribution < 1.29 is 97.5 Å². The van der Waals surface area contributed by atoms with E-state index in [1.54, 1.807) is 24.3 Å². The molecular formula is C65H107N17O20. The second-order valence-corrected chi connectivity index (χ2v) is 25.7. The van der Waals surface area contributed by atoms with Gasteiger partial charge in [0.25, 0.3) is 0 Å². The van der Waals surface area contributed by atoms with Crippen molar-refractivity contribution in [3.8, 4) is 0 Å². The quantitative estimate of drug-likeness (QED) is 0.0274. The van der Waals surface area contributed by atoms with Gasteiger partial charge in [0.15, 0.2) is 0 Å². The van der Waals surface area contributed by atoms with E-state index in [9.17, 15) is 97.5 Å². The number of aliphatic hydroxyl groups is 3. The summed E-state index contributed by atoms with van der Waals surface area (Å²) in [4.78, 5) is 203. The number of rotatable bonds is 49. The van der Waals surface area contributed by atoms with Crippen LogP contribution in [-0.2, 0) is 78.3 Å². The molecule has 0 aliphatic carbocycles. The van der Waals surface area contributed by atoms with Gasteiger partial charge in [0.2, 0.25) is 76.8 Å². The summed E-state index contributed by atoms with van der Waals surface area (Å²) in [5.74, 6) is -16.9. The topological polar surface area (TPSA) is 607 Å². The van der Waals surface area contributed by atoms with Crippen LogP contribution in [0.2, 0.25) is 0 Å². The maximum Gasteiger partial charge on any atom is 0.328 e. The number of carbonyl (C=O) groups is 15. The van der Waals surface area contributed by atoms with Gasteiger partial charge in [-0.05, 0) is 87.0 Å². The molecule has 0 fully saturated rings. The Morgan fingerprint density at radius 2 is 0.794 bits per heavy atom. The smallest absolute Gasteiger partial charge is 0.328 e. The minimum absolute atomic E-state index is 0.0660. The number of nitrogens with one attached hydrogen (secondary N) is 14. The molecule has 0 radical (unpaired) electrons. The molecule has 13 amide bonds. The fourth-order valence-electron chi connectivity index (χ4n) is 10.1. The van der Waals surface area contributed by atoms with Gasteiger partial charge in [-0.25, -0.2) is 4.79 Å². The molecule has 0 saturated carbocycles. The van der Waals surface area contributed by atoms with E-state index in [2.05, 4.69) is 87.9 Å². The van der Waals surface area contributed by atoms with E-state index >= 15 is 0 Å². The van der Waals surface area contributed by atoms with E-state index < -0.39 is 213 Å². The number of hydrogen-bond donors (Lipinski definition) is 22. The highest BCUT2D eigenvalue weighted by Gasteiger charge is 2.38. The second kappa shape index (κ2) is 46.2. The lowest BCUT2D eigenvalue weighted by molar-refractivity contribution is -0.144. The van der Waals surface area contributed by atoms with Crippen LogP contribution in [0.5, 0.6) is 0 Å². The Morgan fingerprint density at radius 1 is 0.412 bits per heavy atom. The highest BCUT2D eigenvalue weighted by molar-refractivity contribution is 6.00. The molecule has 0 saturated heterocycles. The molecule has 0 spiro atoms. The maximum atomic E-state index is 14.3. The van der Waals surface area contributed by atoms with Crippen molar-refractivity contribution in [1.29, 1.82) is 0 Å². The second-order valence-electron chi connectivity index (χ2n) is 25.7. The minimum Gasteiger partial charge on any atom is -0.481 e. The zero-order valence-corrected chi connectivity index (χ0v) is 59.1. The van der Waals surface area contributed by atoms with E-state index in [4.69, 9.17) is 17.2 Å². The molecule has 1 aromatic carbocycles. The van der Waals surface area contributed by atoms with Crippen LogP contribution in [0.25, 0.3) is 10.9 Å². The van der Waals surface area contributed by atoms with E-state index in [-0.39, 0.29) is 57.6 Å². The lowest BCUT2D eigenvalue weighted by Gasteiger charge is -2.30. The number of para-hydroxylation sites is 1. The highest BCUT2D eigenvalue weighted by atomic mass is 16.4. The first-order valence-corrected chi connectivity index (χ1v) is 34.0. The van der Waals surface area contributed by atoms with Gasteiger partial charge >= 0.3 is 11.9 Å². The number of aromatic nitrogens is 1. The van der Waals surface area contributed by atoms with Crippen LogP contribution in [0, 0.1) is 23.7 Å². The first kappa shape index (κ1) is 88.7. The van der Waals surface area contributed by atoms with Gasteiger partial charge in [0.05, 0.1) is 32.9 Å². The Bertz CT molecular complexity index is 3150. The van der Waals surface area contributed by atoms with E-state index in [0.29, 0.717) is 28.8 Å². The van der Waals surface area contributed by atoms with Gasteiger partial charge in [-0.2, -0.15) is 0 Å². The Kier molecular flexibility index (Phi) is 40.1. The van der Waals surface area contributed by atoms with Gasteiger partial charge in [-0.3, -0.25) is 67.1 Å². The third-order valence-electron chi connectivity index (χ3n) is 16.4. The van der Waals surface area contributed by atoms with E-state index in [0.717, 1.165) is 19.3 Å². The summed E-state index contributed by atoms with van der Waals surface area (Å²) < 4.78 is 0. The number of nitrogens with two attached hydrogens (primary N) is 3. The number of hydrogen-bond acceptors (Lipinski definition) is 21. The largest absolute Gasteiger partial charge is 0.481 e. The monoisotopic (exact) mass is 1450 g/mol. The van der Waals surface area contributed by atoms with Crippen molar-refractivity contribution in [1.82, 2.24) is 74.1 Å². The van der Waals surface area contributed by atoms with Gasteiger partial charge in [0, 0.05) is 36.4 Å². The summed E-state index contributed by atoms with van der Waals surface area (Å²) in [6, 6.07) is -10.5. The fourth-order valence-corrected chi connectivity index (χ4v) is 10.1. The predicted octanol–water partition coefficient (Wildman–Crippen LogP) is -6.18. The summed E-state index contributed by atoms with van der Waals surface area (Å²) in [7, 11) is 0. The Morgan fingerprint density at radius 3 is 1.26 bits per heavy atom. The number of aliphatic hydroxyl groups excluding tert-OH is 3. The number of aromatic amines is 1. The molecule has 37 nitrogen and oxygen atoms in total. The Balaban J connectivity index is 2.30. The van der Waals surface area contributed by atoms with Crippen LogP contribution in [0.15, 0.2) is 30.5 Å². The molecule has 2 rings (SSSR count). The molecule has 25 N–H and O–H groups in total. The van der Waals surface area contributed by atoms with Gasteiger partial charge in [-0.15, -0.1) is 0 Å². The molecule has 572 valence electrons. The van der Waals surface area contributed by atoms with Crippen LogP contribution in [0.4, 0.5) is 0 Å². The standard InChI is InChI=1S/C65H107N17O20/c1-9-36(8)14-10-13-17-48(86)70-28-49(87)72-41(20-23-66)55(91)71-29-50(88)73-45(30-83)60(96)77-44(26-37-27-69-39-16-12-11-15-38(37)39)59(95)78-46(31-84)61(97)75-42(21-24-67)56(92)74-43(22-25-68)58(94)80-52(33(2)3)62(98)76-40(18-19-51(89)90)57(93)81-54(35(6)7)64(100)82-53(34(4)5)63(99)79-47(32-85)65(101)102/h11-12,15-16,27,33-36,40-47,52-54,69,83-85H,9-10,13-14,17-26,28-32,66-68H2,1-8H3,(H,70,86)(H,71,91)(H,72,87)(H,73,88)(H,74,92)(H,75,97)(H,76,98)(H,77,96)(H,78,95)(H,79,99)(H,80,94)(H,81,93)(H,82,100)(H,89,90)(H,101,102). The lowest BCUT2D eigenvalue weighted by Crippen LogP contribution is -2.62. The van der Waals surface area contributed by atoms with E-state index in [1.807, 2.05) is 0 Å². The summed E-state index contributed by atoms with van der Waals surface area (Å²) in [6.45, 7) is 8.41. The van der Waals surface area contributed by atoms with Crippen molar-refractivity contribution in [2.45, 2.75) is 192 Å². The van der Waals surface area contributed by atoms with Crippen LogP contribution in [0.3, 0.4) is 0 Å². The molecule has 12 atom stereocenters. The fraction of sp³-hybridized carbons (Fsp3) is 0.646. The molecule has 1 heterocycles. The number of carbonyl (C=O) groups excluding carboxylic acids is 13. The number of benzene rings is 1. The van der Waals surface area contributed by atoms with Crippen molar-refractivity contribution in [3.05, 3.63) is 36.0 Å². The predicted molar refractivity (Wildman–Crippen MR) is 368 cm³/mol. The number of carboxylic acids is 2. The van der Waals surface area contributed by atoms with Gasteiger partial charge in [-0.1, -0.05) is 92.9 Å². The van der Waals surface area contributed by atoms with Crippen LogP contribution < -0.4 is 86.3 Å². The average molecular weight is 1450 g/mol. The van der Waals surface area contributed by atoms with Crippen LogP contribution in [-0.4, -0.2) is 238 Å².